The van der Waals surface area contributed by atoms with E-state index < -0.39 is 0 Å². The van der Waals surface area contributed by atoms with E-state index in [1.165, 1.54) is 0 Å². The van der Waals surface area contributed by atoms with Crippen LogP contribution in [0.1, 0.15) is 32.8 Å². The molecule has 0 spiro atoms. The Morgan fingerprint density at radius 1 is 1.33 bits per heavy atom. The van der Waals surface area contributed by atoms with Gasteiger partial charge in [0.15, 0.2) is 0 Å². The standard InChI is InChI=1S/C16H22N2O3/c1-10(2)17-15(19)9-12-4-6-13(7-5-12)18-14-8-11(3)21-16(14)20/h4-7,10-11,14,18H,8-9H2,1-3H3,(H,17,19). The highest BCUT2D eigenvalue weighted by atomic mass is 16.6. The molecule has 1 heterocycles. The maximum atomic E-state index is 11.7. The second-order valence-electron chi connectivity index (χ2n) is 5.78. The molecule has 1 aliphatic heterocycles. The lowest BCUT2D eigenvalue weighted by Gasteiger charge is -2.11. The molecule has 5 nitrogen and oxygen atoms in total. The zero-order chi connectivity index (χ0) is 15.4. The Kier molecular flexibility index (Phi) is 4.83. The van der Waals surface area contributed by atoms with Gasteiger partial charge in [0.25, 0.3) is 0 Å². The van der Waals surface area contributed by atoms with E-state index in [2.05, 4.69) is 10.6 Å². The number of anilines is 1. The van der Waals surface area contributed by atoms with E-state index in [1.807, 2.05) is 45.0 Å². The van der Waals surface area contributed by atoms with Gasteiger partial charge in [0.2, 0.25) is 5.91 Å². The van der Waals surface area contributed by atoms with Gasteiger partial charge >= 0.3 is 5.97 Å². The van der Waals surface area contributed by atoms with E-state index in [9.17, 15) is 9.59 Å². The van der Waals surface area contributed by atoms with Crippen LogP contribution in [0.5, 0.6) is 0 Å². The second kappa shape index (κ2) is 6.61. The van der Waals surface area contributed by atoms with Crippen LogP contribution in [0, 0.1) is 0 Å². The van der Waals surface area contributed by atoms with Gasteiger partial charge in [0, 0.05) is 18.2 Å². The minimum atomic E-state index is -0.282. The Balaban J connectivity index is 1.90. The number of carbonyl (C=O) groups is 2. The lowest BCUT2D eigenvalue weighted by Crippen LogP contribution is -2.31. The fraction of sp³-hybridized carbons (Fsp3) is 0.500. The van der Waals surface area contributed by atoms with E-state index in [-0.39, 0.29) is 30.1 Å². The van der Waals surface area contributed by atoms with Crippen molar-refractivity contribution in [1.29, 1.82) is 0 Å². The van der Waals surface area contributed by atoms with E-state index in [0.29, 0.717) is 12.8 Å². The molecule has 0 saturated carbocycles. The summed E-state index contributed by atoms with van der Waals surface area (Å²) in [6.45, 7) is 5.76. The molecule has 2 unspecified atom stereocenters. The summed E-state index contributed by atoms with van der Waals surface area (Å²) < 4.78 is 5.10. The number of esters is 1. The summed E-state index contributed by atoms with van der Waals surface area (Å²) >= 11 is 0. The first-order valence-corrected chi connectivity index (χ1v) is 7.29. The Morgan fingerprint density at radius 3 is 2.52 bits per heavy atom. The first-order chi connectivity index (χ1) is 9.94. The maximum absolute atomic E-state index is 11.7. The summed E-state index contributed by atoms with van der Waals surface area (Å²) in [5, 5.41) is 6.02. The Labute approximate surface area is 125 Å². The number of hydrogen-bond donors (Lipinski definition) is 2. The number of ether oxygens (including phenoxy) is 1. The second-order valence-corrected chi connectivity index (χ2v) is 5.78. The molecule has 1 aromatic carbocycles. The Morgan fingerprint density at radius 2 is 2.00 bits per heavy atom. The van der Waals surface area contributed by atoms with Crippen LogP contribution in [-0.2, 0) is 20.7 Å². The molecule has 0 radical (unpaired) electrons. The van der Waals surface area contributed by atoms with Crippen molar-refractivity contribution in [2.24, 2.45) is 0 Å². The van der Waals surface area contributed by atoms with Gasteiger partial charge in [-0.15, -0.1) is 0 Å². The zero-order valence-electron chi connectivity index (χ0n) is 12.7. The molecule has 1 aliphatic rings. The van der Waals surface area contributed by atoms with E-state index in [1.54, 1.807) is 0 Å². The smallest absolute Gasteiger partial charge is 0.328 e. The molecule has 2 atom stereocenters. The molecule has 1 aromatic rings. The molecule has 2 rings (SSSR count). The average molecular weight is 290 g/mol. The third kappa shape index (κ3) is 4.48. The number of cyclic esters (lactones) is 1. The molecular formula is C16H22N2O3. The molecule has 0 aromatic heterocycles. The van der Waals surface area contributed by atoms with Crippen LogP contribution in [0.2, 0.25) is 0 Å². The summed E-state index contributed by atoms with van der Waals surface area (Å²) in [5.74, 6) is -0.193. The maximum Gasteiger partial charge on any atom is 0.328 e. The zero-order valence-corrected chi connectivity index (χ0v) is 12.7. The number of benzene rings is 1. The van der Waals surface area contributed by atoms with Crippen LogP contribution in [0.3, 0.4) is 0 Å². The molecule has 5 heteroatoms. The van der Waals surface area contributed by atoms with Gasteiger partial charge in [-0.25, -0.2) is 4.79 Å². The number of rotatable bonds is 5. The molecule has 0 bridgehead atoms. The van der Waals surface area contributed by atoms with Crippen molar-refractivity contribution in [1.82, 2.24) is 5.32 Å². The molecule has 21 heavy (non-hydrogen) atoms. The minimum Gasteiger partial charge on any atom is -0.461 e. The van der Waals surface area contributed by atoms with Crippen LogP contribution < -0.4 is 10.6 Å². The predicted molar refractivity (Wildman–Crippen MR) is 81.0 cm³/mol. The molecule has 1 amide bonds. The third-order valence-electron chi connectivity index (χ3n) is 3.28. The Bertz CT molecular complexity index is 511. The van der Waals surface area contributed by atoms with E-state index in [4.69, 9.17) is 4.74 Å². The lowest BCUT2D eigenvalue weighted by atomic mass is 10.1. The van der Waals surface area contributed by atoms with Crippen molar-refractivity contribution in [3.63, 3.8) is 0 Å². The van der Waals surface area contributed by atoms with Gasteiger partial charge in [0.05, 0.1) is 6.42 Å². The summed E-state index contributed by atoms with van der Waals surface area (Å²) in [7, 11) is 0. The number of nitrogens with one attached hydrogen (secondary N) is 2. The van der Waals surface area contributed by atoms with Gasteiger partial charge < -0.3 is 15.4 Å². The van der Waals surface area contributed by atoms with Gasteiger partial charge in [-0.1, -0.05) is 12.1 Å². The van der Waals surface area contributed by atoms with Crippen molar-refractivity contribution in [3.8, 4) is 0 Å². The SMILES string of the molecule is CC(C)NC(=O)Cc1ccc(NC2CC(C)OC2=O)cc1. The third-order valence-corrected chi connectivity index (χ3v) is 3.28. The molecule has 2 N–H and O–H groups in total. The van der Waals surface area contributed by atoms with Gasteiger partial charge in [0.1, 0.15) is 12.1 Å². The first-order valence-electron chi connectivity index (χ1n) is 7.29. The molecule has 0 aliphatic carbocycles. The number of hydrogen-bond acceptors (Lipinski definition) is 4. The molecular weight excluding hydrogens is 268 g/mol. The van der Waals surface area contributed by atoms with Crippen molar-refractivity contribution in [3.05, 3.63) is 29.8 Å². The fourth-order valence-electron chi connectivity index (χ4n) is 2.35. The van der Waals surface area contributed by atoms with Gasteiger partial charge in [-0.2, -0.15) is 0 Å². The average Bonchev–Trinajstić information content (AvgIpc) is 2.69. The van der Waals surface area contributed by atoms with Crippen molar-refractivity contribution >= 4 is 17.6 Å². The van der Waals surface area contributed by atoms with Gasteiger partial charge in [-0.3, -0.25) is 4.79 Å². The molecule has 1 saturated heterocycles. The highest BCUT2D eigenvalue weighted by Crippen LogP contribution is 2.19. The summed E-state index contributed by atoms with van der Waals surface area (Å²) in [6, 6.07) is 7.42. The largest absolute Gasteiger partial charge is 0.461 e. The van der Waals surface area contributed by atoms with Crippen molar-refractivity contribution in [2.75, 3.05) is 5.32 Å². The molecule has 114 valence electrons. The normalized spacial score (nSPS) is 21.2. The van der Waals surface area contributed by atoms with Crippen molar-refractivity contribution < 1.29 is 14.3 Å². The lowest BCUT2D eigenvalue weighted by molar-refractivity contribution is -0.141. The number of amides is 1. The molecule has 1 fully saturated rings. The van der Waals surface area contributed by atoms with Crippen molar-refractivity contribution in [2.45, 2.75) is 51.8 Å². The highest BCUT2D eigenvalue weighted by Gasteiger charge is 2.31. The van der Waals surface area contributed by atoms with Crippen LogP contribution in [0.4, 0.5) is 5.69 Å². The number of carbonyl (C=O) groups excluding carboxylic acids is 2. The monoisotopic (exact) mass is 290 g/mol. The van der Waals surface area contributed by atoms with E-state index >= 15 is 0 Å². The minimum absolute atomic E-state index is 0.0129. The summed E-state index contributed by atoms with van der Waals surface area (Å²) in [4.78, 5) is 23.2. The fourth-order valence-corrected chi connectivity index (χ4v) is 2.35. The van der Waals surface area contributed by atoms with Crippen LogP contribution in [-0.4, -0.2) is 30.1 Å². The topological polar surface area (TPSA) is 67.4 Å². The summed E-state index contributed by atoms with van der Waals surface area (Å²) in [6.07, 6.45) is 1.01. The Hall–Kier alpha value is -2.04. The predicted octanol–water partition coefficient (Wildman–Crippen LogP) is 1.87. The van der Waals surface area contributed by atoms with Gasteiger partial charge in [-0.05, 0) is 38.5 Å². The van der Waals surface area contributed by atoms with E-state index in [0.717, 1.165) is 11.3 Å². The summed E-state index contributed by atoms with van der Waals surface area (Å²) in [5.41, 5.74) is 1.81. The quantitative estimate of drug-likeness (QED) is 0.812. The van der Waals surface area contributed by atoms with Crippen LogP contribution in [0.15, 0.2) is 24.3 Å². The first kappa shape index (κ1) is 15.4. The van der Waals surface area contributed by atoms with Crippen LogP contribution in [0.25, 0.3) is 0 Å². The highest BCUT2D eigenvalue weighted by molar-refractivity contribution is 5.81. The van der Waals surface area contributed by atoms with Crippen LogP contribution >= 0.6 is 0 Å².